The summed E-state index contributed by atoms with van der Waals surface area (Å²) < 4.78 is 5.49. The van der Waals surface area contributed by atoms with Crippen LogP contribution in [0.4, 0.5) is 0 Å². The van der Waals surface area contributed by atoms with E-state index in [1.807, 2.05) is 37.3 Å². The van der Waals surface area contributed by atoms with Crippen LogP contribution in [-0.2, 0) is 11.2 Å². The van der Waals surface area contributed by atoms with Gasteiger partial charge in [0.15, 0.2) is 6.61 Å². The largest absolute Gasteiger partial charge is 0.483 e. The molecule has 5 nitrogen and oxygen atoms in total. The fourth-order valence-electron chi connectivity index (χ4n) is 1.74. The number of amides is 1. The van der Waals surface area contributed by atoms with Gasteiger partial charge < -0.3 is 4.74 Å². The Hall–Kier alpha value is -2.69. The van der Waals surface area contributed by atoms with E-state index < -0.39 is 0 Å². The number of para-hydroxylation sites is 1. The second-order valence-electron chi connectivity index (χ2n) is 4.33. The van der Waals surface area contributed by atoms with Crippen molar-refractivity contribution in [2.24, 2.45) is 5.10 Å². The number of pyridine rings is 1. The van der Waals surface area contributed by atoms with E-state index in [-0.39, 0.29) is 12.5 Å². The van der Waals surface area contributed by atoms with Crippen molar-refractivity contribution in [3.8, 4) is 5.75 Å². The summed E-state index contributed by atoms with van der Waals surface area (Å²) in [6.45, 7) is 1.97. The molecule has 108 valence electrons. The number of rotatable bonds is 6. The fraction of sp³-hybridized carbons (Fsp3) is 0.188. The van der Waals surface area contributed by atoms with Crippen molar-refractivity contribution >= 4 is 12.1 Å². The lowest BCUT2D eigenvalue weighted by Crippen LogP contribution is -2.24. The lowest BCUT2D eigenvalue weighted by atomic mass is 10.1. The zero-order valence-electron chi connectivity index (χ0n) is 11.8. The summed E-state index contributed by atoms with van der Waals surface area (Å²) in [4.78, 5) is 15.6. The molecule has 21 heavy (non-hydrogen) atoms. The third-order valence-electron chi connectivity index (χ3n) is 2.80. The number of nitrogens with one attached hydrogen (secondary N) is 1. The number of nitrogens with zero attached hydrogens (tertiary/aromatic N) is 2. The summed E-state index contributed by atoms with van der Waals surface area (Å²) in [7, 11) is 0. The summed E-state index contributed by atoms with van der Waals surface area (Å²) in [6, 6.07) is 11.3. The molecule has 2 aromatic rings. The van der Waals surface area contributed by atoms with Gasteiger partial charge in [0.2, 0.25) is 0 Å². The van der Waals surface area contributed by atoms with Crippen molar-refractivity contribution in [2.75, 3.05) is 6.61 Å². The number of ether oxygens (including phenoxy) is 1. The molecule has 0 saturated carbocycles. The average Bonchev–Trinajstić information content (AvgIpc) is 2.54. The molecule has 0 saturated heterocycles. The molecule has 0 fully saturated rings. The normalized spacial score (nSPS) is 10.5. The van der Waals surface area contributed by atoms with E-state index >= 15 is 0 Å². The highest BCUT2D eigenvalue weighted by Crippen LogP contribution is 2.17. The first kappa shape index (κ1) is 14.7. The van der Waals surface area contributed by atoms with Crippen molar-refractivity contribution in [3.05, 3.63) is 59.9 Å². The van der Waals surface area contributed by atoms with Crippen LogP contribution in [0.3, 0.4) is 0 Å². The van der Waals surface area contributed by atoms with Gasteiger partial charge in [0, 0.05) is 18.0 Å². The summed E-state index contributed by atoms with van der Waals surface area (Å²) in [6.07, 6.45) is 5.72. The third-order valence-corrected chi connectivity index (χ3v) is 2.80. The maximum absolute atomic E-state index is 11.6. The molecule has 1 amide bonds. The molecule has 5 heteroatoms. The molecule has 1 aromatic heterocycles. The molecular formula is C16H17N3O2. The minimum Gasteiger partial charge on any atom is -0.483 e. The number of hydrazone groups is 1. The second kappa shape index (κ2) is 7.79. The lowest BCUT2D eigenvalue weighted by Gasteiger charge is -2.08. The van der Waals surface area contributed by atoms with E-state index in [9.17, 15) is 4.79 Å². The summed E-state index contributed by atoms with van der Waals surface area (Å²) in [5.41, 5.74) is 4.30. The number of aryl methyl sites for hydroxylation is 1. The standard InChI is InChI=1S/C16H17N3O2/c1-2-14-7-3-4-8-15(14)21-12-16(20)19-18-11-13-6-5-9-17-10-13/h3-11H,2,12H2,1H3,(H,19,20)/b18-11+. The molecule has 0 aliphatic heterocycles. The van der Waals surface area contributed by atoms with E-state index in [1.165, 1.54) is 6.21 Å². The molecule has 2 rings (SSSR count). The number of benzene rings is 1. The minimum atomic E-state index is -0.305. The van der Waals surface area contributed by atoms with Crippen LogP contribution in [0, 0.1) is 0 Å². The predicted octanol–water partition coefficient (Wildman–Crippen LogP) is 2.17. The van der Waals surface area contributed by atoms with E-state index in [0.717, 1.165) is 23.3 Å². The van der Waals surface area contributed by atoms with Gasteiger partial charge in [-0.15, -0.1) is 0 Å². The van der Waals surface area contributed by atoms with Gasteiger partial charge >= 0.3 is 0 Å². The molecule has 0 atom stereocenters. The van der Waals surface area contributed by atoms with Crippen molar-refractivity contribution in [3.63, 3.8) is 0 Å². The predicted molar refractivity (Wildman–Crippen MR) is 81.3 cm³/mol. The SMILES string of the molecule is CCc1ccccc1OCC(=O)N/N=C/c1cccnc1. The first-order valence-electron chi connectivity index (χ1n) is 6.72. The molecule has 1 aromatic carbocycles. The Bertz CT molecular complexity index is 612. The highest BCUT2D eigenvalue weighted by Gasteiger charge is 2.04. The quantitative estimate of drug-likeness (QED) is 0.653. The first-order valence-corrected chi connectivity index (χ1v) is 6.72. The van der Waals surface area contributed by atoms with Gasteiger partial charge in [0.25, 0.3) is 5.91 Å². The van der Waals surface area contributed by atoms with Gasteiger partial charge in [0.1, 0.15) is 5.75 Å². The van der Waals surface area contributed by atoms with E-state index in [0.29, 0.717) is 0 Å². The molecule has 0 aliphatic carbocycles. The van der Waals surface area contributed by atoms with Gasteiger partial charge in [-0.3, -0.25) is 9.78 Å². The molecule has 0 bridgehead atoms. The second-order valence-corrected chi connectivity index (χ2v) is 4.33. The van der Waals surface area contributed by atoms with Gasteiger partial charge in [-0.2, -0.15) is 5.10 Å². The van der Waals surface area contributed by atoms with Crippen LogP contribution in [0.15, 0.2) is 53.9 Å². The molecule has 0 radical (unpaired) electrons. The number of aromatic nitrogens is 1. The topological polar surface area (TPSA) is 63.6 Å². The Balaban J connectivity index is 1.81. The average molecular weight is 283 g/mol. The van der Waals surface area contributed by atoms with Gasteiger partial charge in [-0.25, -0.2) is 5.43 Å². The van der Waals surface area contributed by atoms with Crippen LogP contribution in [0.25, 0.3) is 0 Å². The van der Waals surface area contributed by atoms with Crippen LogP contribution < -0.4 is 10.2 Å². The summed E-state index contributed by atoms with van der Waals surface area (Å²) in [5, 5.41) is 3.85. The van der Waals surface area contributed by atoms with Crippen LogP contribution in [0.5, 0.6) is 5.75 Å². The first-order chi connectivity index (χ1) is 10.3. The Morgan fingerprint density at radius 3 is 2.95 bits per heavy atom. The van der Waals surface area contributed by atoms with Gasteiger partial charge in [-0.1, -0.05) is 31.2 Å². The van der Waals surface area contributed by atoms with E-state index in [1.54, 1.807) is 18.5 Å². The van der Waals surface area contributed by atoms with Crippen LogP contribution in [0.2, 0.25) is 0 Å². The van der Waals surface area contributed by atoms with Gasteiger partial charge in [0.05, 0.1) is 6.21 Å². The monoisotopic (exact) mass is 283 g/mol. The van der Waals surface area contributed by atoms with Crippen molar-refractivity contribution in [1.29, 1.82) is 0 Å². The van der Waals surface area contributed by atoms with Crippen molar-refractivity contribution < 1.29 is 9.53 Å². The van der Waals surface area contributed by atoms with E-state index in [4.69, 9.17) is 4.74 Å². The number of carbonyl (C=O) groups is 1. The zero-order chi connectivity index (χ0) is 14.9. The van der Waals surface area contributed by atoms with Crippen molar-refractivity contribution in [1.82, 2.24) is 10.4 Å². The molecule has 1 heterocycles. The Morgan fingerprint density at radius 2 is 2.19 bits per heavy atom. The fourth-order valence-corrected chi connectivity index (χ4v) is 1.74. The van der Waals surface area contributed by atoms with Gasteiger partial charge in [-0.05, 0) is 24.1 Å². The molecule has 0 unspecified atom stereocenters. The maximum Gasteiger partial charge on any atom is 0.277 e. The molecule has 0 aliphatic rings. The zero-order valence-corrected chi connectivity index (χ0v) is 11.8. The number of hydrogen-bond acceptors (Lipinski definition) is 4. The summed E-state index contributed by atoms with van der Waals surface area (Å²) in [5.74, 6) is 0.424. The maximum atomic E-state index is 11.6. The highest BCUT2D eigenvalue weighted by atomic mass is 16.5. The number of hydrogen-bond donors (Lipinski definition) is 1. The molecule has 0 spiro atoms. The third kappa shape index (κ3) is 4.72. The van der Waals surface area contributed by atoms with Crippen LogP contribution in [-0.4, -0.2) is 23.7 Å². The molecule has 1 N–H and O–H groups in total. The smallest absolute Gasteiger partial charge is 0.277 e. The Kier molecular flexibility index (Phi) is 5.46. The van der Waals surface area contributed by atoms with Crippen LogP contribution in [0.1, 0.15) is 18.1 Å². The summed E-state index contributed by atoms with van der Waals surface area (Å²) >= 11 is 0. The Labute approximate surface area is 123 Å². The van der Waals surface area contributed by atoms with Crippen LogP contribution >= 0.6 is 0 Å². The molecular weight excluding hydrogens is 266 g/mol. The van der Waals surface area contributed by atoms with Crippen molar-refractivity contribution in [2.45, 2.75) is 13.3 Å². The minimum absolute atomic E-state index is 0.0681. The number of carbonyl (C=O) groups excluding carboxylic acids is 1. The lowest BCUT2D eigenvalue weighted by molar-refractivity contribution is -0.123. The van der Waals surface area contributed by atoms with E-state index in [2.05, 4.69) is 15.5 Å². The Morgan fingerprint density at radius 1 is 1.33 bits per heavy atom. The highest BCUT2D eigenvalue weighted by molar-refractivity contribution is 5.82.